The number of methoxy groups -OCH3 is 1. The number of aromatic nitrogens is 1. The molecule has 0 N–H and O–H groups in total. The van der Waals surface area contributed by atoms with Crippen molar-refractivity contribution in [3.05, 3.63) is 47.8 Å². The van der Waals surface area contributed by atoms with E-state index >= 15 is 0 Å². The van der Waals surface area contributed by atoms with Crippen LogP contribution in [0.25, 0.3) is 5.69 Å². The fourth-order valence-corrected chi connectivity index (χ4v) is 3.84. The molecular formula is C17H18N2O2. The van der Waals surface area contributed by atoms with Crippen LogP contribution in [0.15, 0.2) is 36.5 Å². The molecule has 0 saturated carbocycles. The number of fused-ring (bicyclic) bond motifs is 6. The number of carbonyl (C=O) groups is 1. The highest BCUT2D eigenvalue weighted by Crippen LogP contribution is 2.48. The van der Waals surface area contributed by atoms with Gasteiger partial charge < -0.3 is 14.2 Å². The van der Waals surface area contributed by atoms with Crippen LogP contribution in [-0.2, 0) is 10.3 Å². The Hall–Kier alpha value is -2.23. The summed E-state index contributed by atoms with van der Waals surface area (Å²) in [5.74, 6) is -0.290. The maximum Gasteiger partial charge on any atom is 0.337 e. The summed E-state index contributed by atoms with van der Waals surface area (Å²) in [6, 6.07) is 10.1. The summed E-state index contributed by atoms with van der Waals surface area (Å²) in [4.78, 5) is 14.3. The number of ether oxygens (including phenoxy) is 1. The molecule has 0 bridgehead atoms. The first-order chi connectivity index (χ1) is 10.1. The summed E-state index contributed by atoms with van der Waals surface area (Å²) in [6.45, 7) is 3.37. The third-order valence-corrected chi connectivity index (χ3v) is 4.89. The second-order valence-corrected chi connectivity index (χ2v) is 5.99. The van der Waals surface area contributed by atoms with Crippen LogP contribution < -0.4 is 4.90 Å². The Balaban J connectivity index is 1.96. The Kier molecular flexibility index (Phi) is 2.46. The molecule has 3 heterocycles. The zero-order chi connectivity index (χ0) is 14.6. The fourth-order valence-electron chi connectivity index (χ4n) is 3.84. The molecule has 108 valence electrons. The van der Waals surface area contributed by atoms with E-state index in [1.165, 1.54) is 24.9 Å². The number of rotatable bonds is 1. The minimum Gasteiger partial charge on any atom is -0.465 e. The van der Waals surface area contributed by atoms with Crippen LogP contribution in [-0.4, -0.2) is 24.2 Å². The third-order valence-electron chi connectivity index (χ3n) is 4.89. The van der Waals surface area contributed by atoms with Crippen molar-refractivity contribution in [1.29, 1.82) is 0 Å². The second-order valence-electron chi connectivity index (χ2n) is 5.99. The van der Waals surface area contributed by atoms with Crippen LogP contribution in [0.2, 0.25) is 0 Å². The molecular weight excluding hydrogens is 264 g/mol. The molecule has 21 heavy (non-hydrogen) atoms. The Bertz CT molecular complexity index is 734. The zero-order valence-electron chi connectivity index (χ0n) is 12.3. The van der Waals surface area contributed by atoms with Gasteiger partial charge in [0.15, 0.2) is 0 Å². The Morgan fingerprint density at radius 3 is 2.95 bits per heavy atom. The predicted octanol–water partition coefficient (Wildman–Crippen LogP) is 3.09. The molecule has 1 aromatic carbocycles. The highest BCUT2D eigenvalue weighted by molar-refractivity contribution is 5.91. The number of nitrogens with zero attached hydrogens (tertiary/aromatic N) is 2. The van der Waals surface area contributed by atoms with Crippen molar-refractivity contribution >= 4 is 11.7 Å². The minimum absolute atomic E-state index is 0.0588. The first-order valence-corrected chi connectivity index (χ1v) is 7.33. The maximum absolute atomic E-state index is 11.8. The van der Waals surface area contributed by atoms with E-state index in [1.54, 1.807) is 0 Å². The van der Waals surface area contributed by atoms with Crippen LogP contribution >= 0.6 is 0 Å². The molecule has 1 saturated heterocycles. The van der Waals surface area contributed by atoms with Gasteiger partial charge in [0.05, 0.1) is 29.6 Å². The number of carbonyl (C=O) groups excluding carboxylic acids is 1. The van der Waals surface area contributed by atoms with Crippen molar-refractivity contribution in [2.45, 2.75) is 25.3 Å². The lowest BCUT2D eigenvalue weighted by Crippen LogP contribution is -2.43. The number of benzene rings is 1. The minimum atomic E-state index is -0.290. The Morgan fingerprint density at radius 1 is 1.29 bits per heavy atom. The Labute approximate surface area is 123 Å². The molecule has 1 atom stereocenters. The van der Waals surface area contributed by atoms with Crippen molar-refractivity contribution in [2.24, 2.45) is 0 Å². The van der Waals surface area contributed by atoms with E-state index in [-0.39, 0.29) is 11.5 Å². The van der Waals surface area contributed by atoms with Crippen LogP contribution in [0.1, 0.15) is 35.8 Å². The molecule has 0 unspecified atom stereocenters. The van der Waals surface area contributed by atoms with Gasteiger partial charge in [-0.05, 0) is 50.1 Å². The molecule has 1 fully saturated rings. The van der Waals surface area contributed by atoms with Crippen LogP contribution in [0, 0.1) is 0 Å². The summed E-state index contributed by atoms with van der Waals surface area (Å²) >= 11 is 0. The molecule has 0 amide bonds. The smallest absolute Gasteiger partial charge is 0.337 e. The van der Waals surface area contributed by atoms with Gasteiger partial charge in [-0.25, -0.2) is 4.79 Å². The van der Waals surface area contributed by atoms with E-state index in [1.807, 2.05) is 18.2 Å². The van der Waals surface area contributed by atoms with Crippen LogP contribution in [0.5, 0.6) is 0 Å². The summed E-state index contributed by atoms with van der Waals surface area (Å²) in [5, 5.41) is 0. The highest BCUT2D eigenvalue weighted by atomic mass is 16.5. The lowest BCUT2D eigenvalue weighted by Gasteiger charge is -2.43. The lowest BCUT2D eigenvalue weighted by atomic mass is 9.91. The molecule has 0 aliphatic carbocycles. The van der Waals surface area contributed by atoms with Gasteiger partial charge in [0.2, 0.25) is 0 Å². The normalized spacial score (nSPS) is 22.5. The number of hydrogen-bond donors (Lipinski definition) is 0. The van der Waals surface area contributed by atoms with E-state index in [0.717, 1.165) is 18.7 Å². The monoisotopic (exact) mass is 282 g/mol. The van der Waals surface area contributed by atoms with Gasteiger partial charge in [-0.3, -0.25) is 0 Å². The largest absolute Gasteiger partial charge is 0.465 e. The molecule has 0 spiro atoms. The van der Waals surface area contributed by atoms with Gasteiger partial charge in [0, 0.05) is 18.4 Å². The molecule has 4 nitrogen and oxygen atoms in total. The van der Waals surface area contributed by atoms with E-state index in [0.29, 0.717) is 5.56 Å². The predicted molar refractivity (Wildman–Crippen MR) is 81.0 cm³/mol. The van der Waals surface area contributed by atoms with Crippen molar-refractivity contribution < 1.29 is 9.53 Å². The van der Waals surface area contributed by atoms with Crippen LogP contribution in [0.4, 0.5) is 5.69 Å². The summed E-state index contributed by atoms with van der Waals surface area (Å²) in [5.41, 5.74) is 4.22. The van der Waals surface area contributed by atoms with E-state index in [9.17, 15) is 4.79 Å². The van der Waals surface area contributed by atoms with E-state index in [2.05, 4.69) is 34.7 Å². The maximum atomic E-state index is 11.8. The van der Waals surface area contributed by atoms with E-state index < -0.39 is 0 Å². The highest BCUT2D eigenvalue weighted by Gasteiger charge is 2.44. The average molecular weight is 282 g/mol. The van der Waals surface area contributed by atoms with Gasteiger partial charge >= 0.3 is 5.97 Å². The molecule has 2 aliphatic heterocycles. The molecule has 1 aromatic heterocycles. The molecule has 2 aromatic rings. The van der Waals surface area contributed by atoms with E-state index in [4.69, 9.17) is 4.74 Å². The summed E-state index contributed by atoms with van der Waals surface area (Å²) in [6.07, 6.45) is 4.44. The quantitative estimate of drug-likeness (QED) is 0.754. The van der Waals surface area contributed by atoms with Gasteiger partial charge in [0.1, 0.15) is 0 Å². The van der Waals surface area contributed by atoms with Crippen LogP contribution in [0.3, 0.4) is 0 Å². The van der Waals surface area contributed by atoms with Crippen molar-refractivity contribution in [3.63, 3.8) is 0 Å². The van der Waals surface area contributed by atoms with Crippen molar-refractivity contribution in [2.75, 3.05) is 18.6 Å². The van der Waals surface area contributed by atoms with Gasteiger partial charge in [-0.15, -0.1) is 0 Å². The first kappa shape index (κ1) is 12.5. The summed E-state index contributed by atoms with van der Waals surface area (Å²) in [7, 11) is 1.42. The first-order valence-electron chi connectivity index (χ1n) is 7.33. The van der Waals surface area contributed by atoms with Gasteiger partial charge in [0.25, 0.3) is 0 Å². The zero-order valence-corrected chi connectivity index (χ0v) is 12.3. The number of hydrogen-bond acceptors (Lipinski definition) is 3. The summed E-state index contributed by atoms with van der Waals surface area (Å²) < 4.78 is 7.05. The van der Waals surface area contributed by atoms with Gasteiger partial charge in [-0.2, -0.15) is 0 Å². The average Bonchev–Trinajstić information content (AvgIpc) is 3.13. The van der Waals surface area contributed by atoms with Gasteiger partial charge in [-0.1, -0.05) is 0 Å². The third kappa shape index (κ3) is 1.53. The number of anilines is 1. The number of esters is 1. The molecule has 4 rings (SSSR count). The second kappa shape index (κ2) is 4.13. The molecule has 2 aliphatic rings. The fraction of sp³-hybridized carbons (Fsp3) is 0.353. The van der Waals surface area contributed by atoms with Crippen molar-refractivity contribution in [3.8, 4) is 5.69 Å². The Morgan fingerprint density at radius 2 is 2.14 bits per heavy atom. The molecule has 0 radical (unpaired) electrons. The molecule has 4 heteroatoms. The topological polar surface area (TPSA) is 34.5 Å². The van der Waals surface area contributed by atoms with Crippen molar-refractivity contribution in [1.82, 2.24) is 4.57 Å². The SMILES string of the molecule is COC(=O)c1ccc2c(c1)-n1cccc1[C@@]1(C)CCCN21. The lowest BCUT2D eigenvalue weighted by molar-refractivity contribution is 0.0600. The standard InChI is InChI=1S/C17H18N2O2/c1-17-8-4-10-19(17)13-7-6-12(16(20)21-2)11-14(13)18-9-3-5-15(17)18/h3,5-7,9,11H,4,8,10H2,1-2H3/t17-/m1/s1.